The molecule has 0 amide bonds. The van der Waals surface area contributed by atoms with Gasteiger partial charge in [0.05, 0.1) is 5.56 Å². The average molecular weight is 317 g/mol. The highest BCUT2D eigenvalue weighted by atomic mass is 35.5. The SMILES string of the molecule is Cc1ccc(NC(=S)c2cc(F)nc(F)c2F)cc1Cl. The van der Waals surface area contributed by atoms with Gasteiger partial charge in [-0.25, -0.2) is 4.39 Å². The Hall–Kier alpha value is -1.66. The van der Waals surface area contributed by atoms with Crippen molar-refractivity contribution in [1.29, 1.82) is 0 Å². The van der Waals surface area contributed by atoms with Crippen LogP contribution in [0.2, 0.25) is 5.02 Å². The molecule has 0 aliphatic heterocycles. The average Bonchev–Trinajstić information content (AvgIpc) is 2.38. The molecule has 1 aromatic heterocycles. The van der Waals surface area contributed by atoms with E-state index in [0.29, 0.717) is 10.7 Å². The van der Waals surface area contributed by atoms with Crippen molar-refractivity contribution in [3.05, 3.63) is 58.1 Å². The Kier molecular flexibility index (Phi) is 4.25. The summed E-state index contributed by atoms with van der Waals surface area (Å²) in [6, 6.07) is 5.70. The van der Waals surface area contributed by atoms with E-state index in [1.165, 1.54) is 0 Å². The predicted octanol–water partition coefficient (Wildman–Crippen LogP) is 4.25. The van der Waals surface area contributed by atoms with E-state index in [9.17, 15) is 13.2 Å². The van der Waals surface area contributed by atoms with Gasteiger partial charge in [0, 0.05) is 16.8 Å². The normalized spacial score (nSPS) is 10.4. The van der Waals surface area contributed by atoms with E-state index in [1.807, 2.05) is 6.92 Å². The molecule has 2 nitrogen and oxygen atoms in total. The van der Waals surface area contributed by atoms with Crippen LogP contribution in [0.1, 0.15) is 11.1 Å². The van der Waals surface area contributed by atoms with Crippen molar-refractivity contribution in [2.75, 3.05) is 5.32 Å². The van der Waals surface area contributed by atoms with Crippen LogP contribution in [0, 0.1) is 24.6 Å². The molecule has 0 spiro atoms. The van der Waals surface area contributed by atoms with Gasteiger partial charge >= 0.3 is 0 Å². The number of thiocarbonyl (C=S) groups is 1. The number of anilines is 1. The highest BCUT2D eigenvalue weighted by Gasteiger charge is 2.16. The lowest BCUT2D eigenvalue weighted by atomic mass is 10.2. The number of aromatic nitrogens is 1. The molecular weight excluding hydrogens is 309 g/mol. The lowest BCUT2D eigenvalue weighted by Crippen LogP contribution is -2.15. The number of hydrogen-bond donors (Lipinski definition) is 1. The molecule has 104 valence electrons. The fourth-order valence-electron chi connectivity index (χ4n) is 1.50. The number of rotatable bonds is 2. The summed E-state index contributed by atoms with van der Waals surface area (Å²) in [5, 5.41) is 3.16. The number of pyridine rings is 1. The zero-order valence-corrected chi connectivity index (χ0v) is 11.7. The first-order chi connectivity index (χ1) is 9.38. The summed E-state index contributed by atoms with van der Waals surface area (Å²) < 4.78 is 39.5. The second kappa shape index (κ2) is 5.76. The van der Waals surface area contributed by atoms with Gasteiger partial charge in [0.25, 0.3) is 5.95 Å². The molecule has 0 saturated heterocycles. The standard InChI is InChI=1S/C13H8ClF3N2S/c1-6-2-3-7(4-9(6)14)18-13(20)8-5-10(15)19-12(17)11(8)16/h2-5H,1H3,(H,18,20). The molecule has 2 aromatic rings. The Morgan fingerprint density at radius 3 is 2.60 bits per heavy atom. The maximum atomic E-state index is 13.5. The summed E-state index contributed by atoms with van der Waals surface area (Å²) in [5.41, 5.74) is 0.944. The maximum absolute atomic E-state index is 13.5. The highest BCUT2D eigenvalue weighted by Crippen LogP contribution is 2.21. The molecule has 0 fully saturated rings. The molecule has 0 saturated carbocycles. The van der Waals surface area contributed by atoms with Crippen molar-refractivity contribution < 1.29 is 13.2 Å². The minimum atomic E-state index is -1.54. The Bertz CT molecular complexity index is 692. The number of nitrogens with one attached hydrogen (secondary N) is 1. The molecule has 1 N–H and O–H groups in total. The molecule has 1 heterocycles. The molecular formula is C13H8ClF3N2S. The molecule has 0 atom stereocenters. The molecule has 0 unspecified atom stereocenters. The lowest BCUT2D eigenvalue weighted by Gasteiger charge is -2.10. The molecule has 20 heavy (non-hydrogen) atoms. The van der Waals surface area contributed by atoms with Crippen LogP contribution in [0.15, 0.2) is 24.3 Å². The first-order valence-corrected chi connectivity index (χ1v) is 6.26. The van der Waals surface area contributed by atoms with Gasteiger partial charge in [-0.2, -0.15) is 13.8 Å². The van der Waals surface area contributed by atoms with Gasteiger partial charge in [-0.05, 0) is 24.6 Å². The molecule has 7 heteroatoms. The van der Waals surface area contributed by atoms with Gasteiger partial charge in [0.15, 0.2) is 5.82 Å². The highest BCUT2D eigenvalue weighted by molar-refractivity contribution is 7.81. The van der Waals surface area contributed by atoms with E-state index in [-0.39, 0.29) is 4.99 Å². The minimum absolute atomic E-state index is 0.164. The zero-order chi connectivity index (χ0) is 14.9. The van der Waals surface area contributed by atoms with Crippen molar-refractivity contribution in [1.82, 2.24) is 4.98 Å². The molecule has 0 aliphatic rings. The van der Waals surface area contributed by atoms with Crippen LogP contribution in [0.5, 0.6) is 0 Å². The van der Waals surface area contributed by atoms with Crippen molar-refractivity contribution in [3.63, 3.8) is 0 Å². The maximum Gasteiger partial charge on any atom is 0.252 e. The summed E-state index contributed by atoms with van der Waals surface area (Å²) in [7, 11) is 0. The van der Waals surface area contributed by atoms with Crippen LogP contribution in [-0.2, 0) is 0 Å². The van der Waals surface area contributed by atoms with Crippen LogP contribution in [0.3, 0.4) is 0 Å². The number of aryl methyl sites for hydroxylation is 1. The van der Waals surface area contributed by atoms with E-state index in [4.69, 9.17) is 23.8 Å². The van der Waals surface area contributed by atoms with E-state index in [0.717, 1.165) is 11.6 Å². The largest absolute Gasteiger partial charge is 0.346 e. The van der Waals surface area contributed by atoms with E-state index < -0.39 is 23.3 Å². The van der Waals surface area contributed by atoms with Crippen LogP contribution >= 0.6 is 23.8 Å². The monoisotopic (exact) mass is 316 g/mol. The van der Waals surface area contributed by atoms with Crippen molar-refractivity contribution >= 4 is 34.5 Å². The zero-order valence-electron chi connectivity index (χ0n) is 10.2. The Morgan fingerprint density at radius 2 is 1.95 bits per heavy atom. The summed E-state index contributed by atoms with van der Waals surface area (Å²) >= 11 is 10.9. The molecule has 2 rings (SSSR count). The smallest absolute Gasteiger partial charge is 0.252 e. The summed E-state index contributed by atoms with van der Waals surface area (Å²) in [4.78, 5) is 2.57. The van der Waals surface area contributed by atoms with Gasteiger partial charge in [0.1, 0.15) is 4.99 Å². The summed E-state index contributed by atoms with van der Waals surface area (Å²) in [5.74, 6) is -3.99. The van der Waals surface area contributed by atoms with Gasteiger partial charge in [0.2, 0.25) is 5.95 Å². The van der Waals surface area contributed by atoms with Gasteiger partial charge in [-0.15, -0.1) is 0 Å². The van der Waals surface area contributed by atoms with Gasteiger partial charge in [-0.3, -0.25) is 0 Å². The first-order valence-electron chi connectivity index (χ1n) is 5.47. The quantitative estimate of drug-likeness (QED) is 0.662. The number of benzene rings is 1. The summed E-state index contributed by atoms with van der Waals surface area (Å²) in [6.07, 6.45) is 0. The Balaban J connectivity index is 2.30. The van der Waals surface area contributed by atoms with E-state index >= 15 is 0 Å². The van der Waals surface area contributed by atoms with Crippen molar-refractivity contribution in [3.8, 4) is 0 Å². The Morgan fingerprint density at radius 1 is 1.25 bits per heavy atom. The van der Waals surface area contributed by atoms with Crippen molar-refractivity contribution in [2.24, 2.45) is 0 Å². The van der Waals surface area contributed by atoms with Crippen LogP contribution in [0.4, 0.5) is 18.9 Å². The second-order valence-corrected chi connectivity index (χ2v) is 4.83. The number of nitrogens with zero attached hydrogens (tertiary/aromatic N) is 1. The third-order valence-corrected chi connectivity index (χ3v) is 3.29. The second-order valence-electron chi connectivity index (χ2n) is 4.02. The first kappa shape index (κ1) is 14.7. The number of halogens is 4. The molecule has 1 aromatic carbocycles. The third-order valence-electron chi connectivity index (χ3n) is 2.56. The van der Waals surface area contributed by atoms with E-state index in [2.05, 4.69) is 10.3 Å². The van der Waals surface area contributed by atoms with Gasteiger partial charge in [-0.1, -0.05) is 29.9 Å². The minimum Gasteiger partial charge on any atom is -0.346 e. The van der Waals surface area contributed by atoms with E-state index in [1.54, 1.807) is 18.2 Å². The third kappa shape index (κ3) is 3.08. The Labute approximate surface area is 123 Å². The topological polar surface area (TPSA) is 24.9 Å². The molecule has 0 bridgehead atoms. The van der Waals surface area contributed by atoms with Crippen LogP contribution < -0.4 is 5.32 Å². The lowest BCUT2D eigenvalue weighted by molar-refractivity contribution is 0.446. The fourth-order valence-corrected chi connectivity index (χ4v) is 1.95. The van der Waals surface area contributed by atoms with Crippen molar-refractivity contribution in [2.45, 2.75) is 6.92 Å². The molecule has 0 aliphatic carbocycles. The van der Waals surface area contributed by atoms with Crippen LogP contribution in [-0.4, -0.2) is 9.97 Å². The summed E-state index contributed by atoms with van der Waals surface area (Å²) in [6.45, 7) is 1.82. The van der Waals surface area contributed by atoms with Crippen LogP contribution in [0.25, 0.3) is 0 Å². The van der Waals surface area contributed by atoms with Gasteiger partial charge < -0.3 is 5.32 Å². The number of hydrogen-bond acceptors (Lipinski definition) is 2. The molecule has 0 radical (unpaired) electrons. The predicted molar refractivity (Wildman–Crippen MR) is 75.6 cm³/mol. The fraction of sp³-hybridized carbons (Fsp3) is 0.0769.